The minimum atomic E-state index is -6.15. The maximum atomic E-state index is 15.4. The Labute approximate surface area is 254 Å². The number of anilines is 1. The molecule has 16 heteroatoms. The van der Waals surface area contributed by atoms with Crippen LogP contribution in [0, 0.1) is 12.7 Å². The van der Waals surface area contributed by atoms with Gasteiger partial charge in [0.05, 0.1) is 11.9 Å². The molecule has 9 nitrogen and oxygen atoms in total. The van der Waals surface area contributed by atoms with Crippen molar-refractivity contribution in [3.63, 3.8) is 0 Å². The third-order valence-corrected chi connectivity index (χ3v) is 8.80. The largest absolute Gasteiger partial charge is 0.458 e. The fraction of sp³-hybridized carbons (Fsp3) is 0.345. The number of piperidine rings is 1. The fourth-order valence-corrected chi connectivity index (χ4v) is 5.96. The van der Waals surface area contributed by atoms with Crippen molar-refractivity contribution in [3.8, 4) is 22.9 Å². The van der Waals surface area contributed by atoms with Gasteiger partial charge < -0.3 is 9.64 Å². The number of aromatic nitrogens is 4. The standard InChI is InChI=1S/C29H28F6N6O3S/c1-17-6-4-5-7-21(17)25-24(28(31,32)29(33,34)35)26(38-27(37-25)39-45(42,43)20-15-36-41(3)16-20)44-23-9-8-19(14-22(23)30)18-10-12-40(2)13-11-18/h4-9,14-16,18H,10-13H2,1-3H3,(H,37,38,39). The zero-order valence-electron chi connectivity index (χ0n) is 24.2. The van der Waals surface area contributed by atoms with Crippen molar-refractivity contribution < 1.29 is 39.5 Å². The Morgan fingerprint density at radius 3 is 2.29 bits per heavy atom. The van der Waals surface area contributed by atoms with Gasteiger partial charge in [0, 0.05) is 18.8 Å². The van der Waals surface area contributed by atoms with E-state index in [2.05, 4.69) is 20.0 Å². The van der Waals surface area contributed by atoms with Crippen LogP contribution in [0.25, 0.3) is 11.3 Å². The quantitative estimate of drug-likeness (QED) is 0.220. The summed E-state index contributed by atoms with van der Waals surface area (Å²) >= 11 is 0. The van der Waals surface area contributed by atoms with Gasteiger partial charge in [0.1, 0.15) is 10.5 Å². The van der Waals surface area contributed by atoms with E-state index in [0.717, 1.165) is 50.5 Å². The Hall–Kier alpha value is -4.18. The lowest BCUT2D eigenvalue weighted by atomic mass is 9.89. The number of rotatable bonds is 8. The highest BCUT2D eigenvalue weighted by molar-refractivity contribution is 7.92. The number of alkyl halides is 5. The molecule has 0 spiro atoms. The first-order valence-electron chi connectivity index (χ1n) is 13.7. The van der Waals surface area contributed by atoms with Gasteiger partial charge in [0.15, 0.2) is 11.6 Å². The number of likely N-dealkylation sites (tertiary alicyclic amines) is 1. The number of ether oxygens (including phenoxy) is 1. The van der Waals surface area contributed by atoms with E-state index >= 15 is 13.2 Å². The summed E-state index contributed by atoms with van der Waals surface area (Å²) in [6.07, 6.45) is -2.57. The number of aryl methyl sites for hydroxylation is 2. The van der Waals surface area contributed by atoms with Gasteiger partial charge in [-0.15, -0.1) is 0 Å². The van der Waals surface area contributed by atoms with Crippen LogP contribution in [-0.4, -0.2) is 59.4 Å². The van der Waals surface area contributed by atoms with E-state index in [4.69, 9.17) is 4.74 Å². The number of sulfonamides is 1. The van der Waals surface area contributed by atoms with Gasteiger partial charge in [-0.2, -0.15) is 32.0 Å². The van der Waals surface area contributed by atoms with Crippen LogP contribution < -0.4 is 9.46 Å². The minimum Gasteiger partial charge on any atom is -0.435 e. The van der Waals surface area contributed by atoms with Crippen LogP contribution in [0.15, 0.2) is 59.8 Å². The lowest BCUT2D eigenvalue weighted by Gasteiger charge is -2.29. The van der Waals surface area contributed by atoms with E-state index in [1.54, 1.807) is 0 Å². The average molecular weight is 655 g/mol. The second-order valence-electron chi connectivity index (χ2n) is 10.8. The van der Waals surface area contributed by atoms with Crippen LogP contribution >= 0.6 is 0 Å². The predicted molar refractivity (Wildman–Crippen MR) is 152 cm³/mol. The molecular formula is C29H28F6N6O3S. The molecule has 1 aliphatic rings. The molecule has 1 aliphatic heterocycles. The fourth-order valence-electron chi connectivity index (χ4n) is 5.03. The van der Waals surface area contributed by atoms with Crippen molar-refractivity contribution in [3.05, 3.63) is 77.4 Å². The monoisotopic (exact) mass is 654 g/mol. The molecule has 45 heavy (non-hydrogen) atoms. The maximum Gasteiger partial charge on any atom is 0.458 e. The molecule has 5 rings (SSSR count). The number of hydrogen-bond donors (Lipinski definition) is 1. The summed E-state index contributed by atoms with van der Waals surface area (Å²) in [6.45, 7) is 3.00. The smallest absolute Gasteiger partial charge is 0.435 e. The van der Waals surface area contributed by atoms with Crippen molar-refractivity contribution >= 4 is 16.0 Å². The van der Waals surface area contributed by atoms with Gasteiger partial charge in [-0.1, -0.05) is 30.3 Å². The normalized spacial score (nSPS) is 15.3. The second kappa shape index (κ2) is 12.0. The molecule has 0 atom stereocenters. The highest BCUT2D eigenvalue weighted by Crippen LogP contribution is 2.51. The van der Waals surface area contributed by atoms with E-state index in [1.807, 2.05) is 11.8 Å². The molecule has 240 valence electrons. The third-order valence-electron chi connectivity index (χ3n) is 7.52. The summed E-state index contributed by atoms with van der Waals surface area (Å²) in [4.78, 5) is 9.21. The Kier molecular flexibility index (Phi) is 8.57. The van der Waals surface area contributed by atoms with E-state index in [9.17, 15) is 21.6 Å². The molecule has 0 amide bonds. The first kappa shape index (κ1) is 32.2. The third kappa shape index (κ3) is 6.61. The number of nitrogens with one attached hydrogen (secondary N) is 1. The van der Waals surface area contributed by atoms with Gasteiger partial charge in [0.25, 0.3) is 10.0 Å². The zero-order valence-corrected chi connectivity index (χ0v) is 25.1. The van der Waals surface area contributed by atoms with Crippen molar-refractivity contribution in [2.45, 2.75) is 42.7 Å². The molecule has 4 aromatic rings. The summed E-state index contributed by atoms with van der Waals surface area (Å²) in [5.41, 5.74) is -2.12. The first-order valence-corrected chi connectivity index (χ1v) is 15.2. The summed E-state index contributed by atoms with van der Waals surface area (Å²) in [5.74, 6) is -9.60. The highest BCUT2D eigenvalue weighted by atomic mass is 32.2. The summed E-state index contributed by atoms with van der Waals surface area (Å²) in [5, 5.41) is 3.77. The summed E-state index contributed by atoms with van der Waals surface area (Å²) in [6, 6.07) is 9.33. The molecular weight excluding hydrogens is 626 g/mol. The van der Waals surface area contributed by atoms with E-state index < -0.39 is 56.8 Å². The molecule has 0 unspecified atom stereocenters. The van der Waals surface area contributed by atoms with Gasteiger partial charge in [0.2, 0.25) is 11.8 Å². The number of nitrogens with zero attached hydrogens (tertiary/aromatic N) is 5. The van der Waals surface area contributed by atoms with Gasteiger partial charge in [-0.25, -0.2) is 22.5 Å². The zero-order chi connectivity index (χ0) is 32.7. The number of benzene rings is 2. The molecule has 0 bridgehead atoms. The van der Waals surface area contributed by atoms with Crippen LogP contribution in [0.1, 0.15) is 35.4 Å². The van der Waals surface area contributed by atoms with Crippen LogP contribution in [0.5, 0.6) is 11.6 Å². The SMILES string of the molecule is Cc1ccccc1-c1nc(NS(=O)(=O)c2cnn(C)c2)nc(Oc2ccc(C3CCN(C)CC3)cc2F)c1C(F)(F)C(F)(F)F. The maximum absolute atomic E-state index is 15.4. The van der Waals surface area contributed by atoms with Gasteiger partial charge >= 0.3 is 12.1 Å². The molecule has 1 saturated heterocycles. The summed E-state index contributed by atoms with van der Waals surface area (Å²) in [7, 11) is -1.10. The first-order chi connectivity index (χ1) is 21.1. The Balaban J connectivity index is 1.68. The van der Waals surface area contributed by atoms with Crippen molar-refractivity contribution in [1.29, 1.82) is 0 Å². The van der Waals surface area contributed by atoms with Gasteiger partial charge in [-0.3, -0.25) is 4.68 Å². The van der Waals surface area contributed by atoms with Crippen LogP contribution in [0.4, 0.5) is 32.3 Å². The molecule has 2 aromatic carbocycles. The van der Waals surface area contributed by atoms with Gasteiger partial charge in [-0.05, 0) is 69.1 Å². The average Bonchev–Trinajstić information content (AvgIpc) is 3.41. The van der Waals surface area contributed by atoms with Crippen molar-refractivity contribution in [2.75, 3.05) is 24.9 Å². The predicted octanol–water partition coefficient (Wildman–Crippen LogP) is 6.38. The lowest BCUT2D eigenvalue weighted by molar-refractivity contribution is -0.289. The van der Waals surface area contributed by atoms with E-state index in [-0.39, 0.29) is 21.9 Å². The Morgan fingerprint density at radius 2 is 1.69 bits per heavy atom. The topological polar surface area (TPSA) is 102 Å². The van der Waals surface area contributed by atoms with Crippen molar-refractivity contribution in [2.24, 2.45) is 7.05 Å². The van der Waals surface area contributed by atoms with Crippen molar-refractivity contribution in [1.82, 2.24) is 24.6 Å². The minimum absolute atomic E-state index is 0.00932. The van der Waals surface area contributed by atoms with Crippen LogP contribution in [0.3, 0.4) is 0 Å². The molecule has 1 N–H and O–H groups in total. The van der Waals surface area contributed by atoms with Crippen LogP contribution in [-0.2, 0) is 23.0 Å². The molecule has 0 aliphatic carbocycles. The molecule has 2 aromatic heterocycles. The molecule has 1 fully saturated rings. The number of halogens is 6. The van der Waals surface area contributed by atoms with Crippen LogP contribution in [0.2, 0.25) is 0 Å². The highest BCUT2D eigenvalue weighted by Gasteiger charge is 2.62. The Bertz CT molecular complexity index is 1820. The lowest BCUT2D eigenvalue weighted by Crippen LogP contribution is -2.35. The molecule has 0 radical (unpaired) electrons. The second-order valence-corrected chi connectivity index (χ2v) is 12.5. The van der Waals surface area contributed by atoms with E-state index in [1.165, 1.54) is 49.0 Å². The molecule has 0 saturated carbocycles. The molecule has 3 heterocycles. The van der Waals surface area contributed by atoms with E-state index in [0.29, 0.717) is 5.56 Å². The Morgan fingerprint density at radius 1 is 1.00 bits per heavy atom. The summed E-state index contributed by atoms with van der Waals surface area (Å²) < 4.78 is 123. The number of hydrogen-bond acceptors (Lipinski definition) is 7.